The average Bonchev–Trinajstić information content (AvgIpc) is 2.47. The number of aliphatic imine (C=N–C) groups is 1. The van der Waals surface area contributed by atoms with Gasteiger partial charge in [0.1, 0.15) is 0 Å². The zero-order valence-electron chi connectivity index (χ0n) is 9.27. The van der Waals surface area contributed by atoms with Crippen LogP contribution in [0.15, 0.2) is 4.99 Å². The standard InChI is InChI=1S/C10H16F3N3/c1-16-6-5-14-8(16)15-7-9(3-2-4-9)10(11,12)13/h2-7H2,1H3,(H,14,15). The molecule has 1 aliphatic heterocycles. The maximum atomic E-state index is 12.8. The average molecular weight is 235 g/mol. The Labute approximate surface area is 92.7 Å². The molecule has 1 saturated carbocycles. The van der Waals surface area contributed by atoms with Crippen LogP contribution in [0.5, 0.6) is 0 Å². The lowest BCUT2D eigenvalue weighted by Crippen LogP contribution is -2.53. The summed E-state index contributed by atoms with van der Waals surface area (Å²) in [4.78, 5) is 5.97. The van der Waals surface area contributed by atoms with Gasteiger partial charge in [-0.3, -0.25) is 4.99 Å². The molecule has 0 amide bonds. The van der Waals surface area contributed by atoms with Gasteiger partial charge in [0.25, 0.3) is 0 Å². The van der Waals surface area contributed by atoms with Gasteiger partial charge in [-0.05, 0) is 12.8 Å². The zero-order valence-corrected chi connectivity index (χ0v) is 9.27. The van der Waals surface area contributed by atoms with E-state index in [4.69, 9.17) is 0 Å². The summed E-state index contributed by atoms with van der Waals surface area (Å²) < 4.78 is 38.5. The SMILES string of the molecule is CN1CCN=C1NCC1(C(F)(F)F)CCC1. The summed E-state index contributed by atoms with van der Waals surface area (Å²) in [5.74, 6) is 0.593. The van der Waals surface area contributed by atoms with Crippen LogP contribution >= 0.6 is 0 Å². The molecule has 1 N–H and O–H groups in total. The summed E-state index contributed by atoms with van der Waals surface area (Å²) in [5.41, 5.74) is -1.51. The first kappa shape index (κ1) is 11.5. The molecule has 0 aromatic heterocycles. The molecule has 0 atom stereocenters. The predicted molar refractivity (Wildman–Crippen MR) is 55.3 cm³/mol. The third-order valence-electron chi connectivity index (χ3n) is 3.56. The quantitative estimate of drug-likeness (QED) is 0.787. The van der Waals surface area contributed by atoms with Crippen LogP contribution in [0.2, 0.25) is 0 Å². The van der Waals surface area contributed by atoms with Gasteiger partial charge in [0.15, 0.2) is 5.96 Å². The minimum atomic E-state index is -4.10. The van der Waals surface area contributed by atoms with E-state index in [2.05, 4.69) is 10.3 Å². The Morgan fingerprint density at radius 1 is 1.44 bits per heavy atom. The van der Waals surface area contributed by atoms with Crippen LogP contribution < -0.4 is 5.32 Å². The lowest BCUT2D eigenvalue weighted by molar-refractivity contribution is -0.247. The van der Waals surface area contributed by atoms with Gasteiger partial charge in [-0.2, -0.15) is 13.2 Å². The number of rotatable bonds is 2. The van der Waals surface area contributed by atoms with E-state index >= 15 is 0 Å². The van der Waals surface area contributed by atoms with Crippen molar-refractivity contribution < 1.29 is 13.2 Å². The lowest BCUT2D eigenvalue weighted by Gasteiger charge is -2.43. The highest BCUT2D eigenvalue weighted by Gasteiger charge is 2.58. The minimum absolute atomic E-state index is 0.0420. The number of hydrogen-bond donors (Lipinski definition) is 1. The third-order valence-corrected chi connectivity index (χ3v) is 3.56. The van der Waals surface area contributed by atoms with Gasteiger partial charge in [0.2, 0.25) is 0 Å². The van der Waals surface area contributed by atoms with Crippen LogP contribution in [0.4, 0.5) is 13.2 Å². The van der Waals surface area contributed by atoms with Crippen LogP contribution in [0.1, 0.15) is 19.3 Å². The zero-order chi connectivity index (χ0) is 11.8. The Hall–Kier alpha value is -0.940. The van der Waals surface area contributed by atoms with E-state index in [0.29, 0.717) is 18.9 Å². The highest BCUT2D eigenvalue weighted by molar-refractivity contribution is 5.81. The normalized spacial score (nSPS) is 24.0. The van der Waals surface area contributed by atoms with E-state index < -0.39 is 11.6 Å². The van der Waals surface area contributed by atoms with Crippen LogP contribution in [0.25, 0.3) is 0 Å². The topological polar surface area (TPSA) is 27.6 Å². The fourth-order valence-corrected chi connectivity index (χ4v) is 2.14. The van der Waals surface area contributed by atoms with Gasteiger partial charge in [0.05, 0.1) is 12.0 Å². The van der Waals surface area contributed by atoms with Crippen molar-refractivity contribution in [1.82, 2.24) is 10.2 Å². The fourth-order valence-electron chi connectivity index (χ4n) is 2.14. The lowest BCUT2D eigenvalue weighted by atomic mass is 9.68. The number of likely N-dealkylation sites (N-methyl/N-ethyl adjacent to an activating group) is 1. The molecule has 0 radical (unpaired) electrons. The number of nitrogens with one attached hydrogen (secondary N) is 1. The number of guanidine groups is 1. The summed E-state index contributed by atoms with van der Waals surface area (Å²) in [6.45, 7) is 1.40. The van der Waals surface area contributed by atoms with Gasteiger partial charge in [-0.15, -0.1) is 0 Å². The van der Waals surface area contributed by atoms with Gasteiger partial charge in [-0.1, -0.05) is 6.42 Å². The van der Waals surface area contributed by atoms with Crippen molar-refractivity contribution in [2.75, 3.05) is 26.7 Å². The Bertz CT molecular complexity index is 294. The molecule has 0 aromatic carbocycles. The second kappa shape index (κ2) is 3.82. The first-order valence-corrected chi connectivity index (χ1v) is 5.51. The van der Waals surface area contributed by atoms with Crippen molar-refractivity contribution in [2.45, 2.75) is 25.4 Å². The van der Waals surface area contributed by atoms with Crippen molar-refractivity contribution in [3.05, 3.63) is 0 Å². The van der Waals surface area contributed by atoms with Gasteiger partial charge < -0.3 is 10.2 Å². The van der Waals surface area contributed by atoms with Crippen LogP contribution in [0.3, 0.4) is 0 Å². The van der Waals surface area contributed by atoms with E-state index in [-0.39, 0.29) is 19.4 Å². The van der Waals surface area contributed by atoms with E-state index in [0.717, 1.165) is 6.54 Å². The molecule has 0 spiro atoms. The highest BCUT2D eigenvalue weighted by Crippen LogP contribution is 2.52. The molecule has 2 aliphatic rings. The maximum absolute atomic E-state index is 12.8. The van der Waals surface area contributed by atoms with Crippen molar-refractivity contribution in [3.8, 4) is 0 Å². The summed E-state index contributed by atoms with van der Waals surface area (Å²) in [5, 5.41) is 2.84. The van der Waals surface area contributed by atoms with Gasteiger partial charge in [-0.25, -0.2) is 0 Å². The van der Waals surface area contributed by atoms with Crippen LogP contribution in [-0.4, -0.2) is 43.7 Å². The second-order valence-corrected chi connectivity index (χ2v) is 4.61. The largest absolute Gasteiger partial charge is 0.396 e. The molecule has 1 fully saturated rings. The molecule has 0 bridgehead atoms. The summed E-state index contributed by atoms with van der Waals surface area (Å²) in [7, 11) is 1.83. The summed E-state index contributed by atoms with van der Waals surface area (Å²) in [6, 6.07) is 0. The Morgan fingerprint density at radius 3 is 2.50 bits per heavy atom. The van der Waals surface area contributed by atoms with E-state index in [9.17, 15) is 13.2 Å². The second-order valence-electron chi connectivity index (χ2n) is 4.61. The van der Waals surface area contributed by atoms with E-state index in [1.54, 1.807) is 0 Å². The van der Waals surface area contributed by atoms with Gasteiger partial charge in [0, 0.05) is 20.1 Å². The molecule has 0 saturated heterocycles. The molecule has 6 heteroatoms. The van der Waals surface area contributed by atoms with Crippen LogP contribution in [0, 0.1) is 5.41 Å². The molecule has 0 unspecified atom stereocenters. The Kier molecular flexibility index (Phi) is 2.75. The van der Waals surface area contributed by atoms with E-state index in [1.807, 2.05) is 11.9 Å². The maximum Gasteiger partial charge on any atom is 0.396 e. The predicted octanol–water partition coefficient (Wildman–Crippen LogP) is 1.61. The van der Waals surface area contributed by atoms with Gasteiger partial charge >= 0.3 is 6.18 Å². The van der Waals surface area contributed by atoms with E-state index in [1.165, 1.54) is 0 Å². The highest BCUT2D eigenvalue weighted by atomic mass is 19.4. The molecule has 1 heterocycles. The minimum Gasteiger partial charge on any atom is -0.355 e. The molecule has 16 heavy (non-hydrogen) atoms. The molecule has 1 aliphatic carbocycles. The monoisotopic (exact) mass is 235 g/mol. The van der Waals surface area contributed by atoms with Crippen molar-refractivity contribution in [3.63, 3.8) is 0 Å². The first-order valence-electron chi connectivity index (χ1n) is 5.51. The number of hydrogen-bond acceptors (Lipinski definition) is 3. The fraction of sp³-hybridized carbons (Fsp3) is 0.900. The molecule has 0 aromatic rings. The molecular formula is C10H16F3N3. The summed E-state index contributed by atoms with van der Waals surface area (Å²) in [6.07, 6.45) is -2.96. The van der Waals surface area contributed by atoms with Crippen LogP contribution in [-0.2, 0) is 0 Å². The smallest absolute Gasteiger partial charge is 0.355 e. The number of halogens is 3. The first-order chi connectivity index (χ1) is 7.45. The number of nitrogens with zero attached hydrogens (tertiary/aromatic N) is 2. The van der Waals surface area contributed by atoms with Crippen molar-refractivity contribution in [1.29, 1.82) is 0 Å². The molecule has 2 rings (SSSR count). The third kappa shape index (κ3) is 1.85. The molecule has 92 valence electrons. The molecular weight excluding hydrogens is 219 g/mol. The Morgan fingerprint density at radius 2 is 2.12 bits per heavy atom. The van der Waals surface area contributed by atoms with Crippen molar-refractivity contribution >= 4 is 5.96 Å². The number of alkyl halides is 3. The summed E-state index contributed by atoms with van der Waals surface area (Å²) >= 11 is 0. The molecule has 3 nitrogen and oxygen atoms in total. The van der Waals surface area contributed by atoms with Crippen molar-refractivity contribution in [2.24, 2.45) is 10.4 Å². The Balaban J connectivity index is 1.93.